The van der Waals surface area contributed by atoms with Gasteiger partial charge in [-0.2, -0.15) is 0 Å². The summed E-state index contributed by atoms with van der Waals surface area (Å²) in [4.78, 5) is 24.4. The van der Waals surface area contributed by atoms with E-state index in [1.807, 2.05) is 6.92 Å². The first-order valence-electron chi connectivity index (χ1n) is 9.95. The van der Waals surface area contributed by atoms with E-state index in [-0.39, 0.29) is 29.3 Å². The smallest absolute Gasteiger partial charge is 0.314 e. The molecule has 6 heteroatoms. The van der Waals surface area contributed by atoms with Gasteiger partial charge in [0.2, 0.25) is 5.79 Å². The normalized spacial score (nSPS) is 44.3. The lowest BCUT2D eigenvalue weighted by atomic mass is 9.44. The second kappa shape index (κ2) is 5.80. The molecule has 6 nitrogen and oxygen atoms in total. The Balaban J connectivity index is 1.46. The molecule has 3 aliphatic carbocycles. The molecule has 0 aromatic heterocycles. The molecule has 0 aromatic carbocycles. The molecule has 5 aliphatic rings. The van der Waals surface area contributed by atoms with Crippen molar-refractivity contribution in [2.24, 2.45) is 28.6 Å². The van der Waals surface area contributed by atoms with Crippen molar-refractivity contribution in [3.8, 4) is 0 Å². The van der Waals surface area contributed by atoms with Crippen LogP contribution in [-0.4, -0.2) is 41.6 Å². The molecular weight excluding hydrogens is 348 g/mol. The van der Waals surface area contributed by atoms with Crippen LogP contribution in [0.15, 0.2) is 12.2 Å². The van der Waals surface area contributed by atoms with Crippen molar-refractivity contribution in [3.05, 3.63) is 12.2 Å². The summed E-state index contributed by atoms with van der Waals surface area (Å²) >= 11 is 0. The molecule has 0 unspecified atom stereocenters. The van der Waals surface area contributed by atoms with Gasteiger partial charge in [0.05, 0.1) is 24.0 Å². The highest BCUT2D eigenvalue weighted by Gasteiger charge is 2.69. The lowest BCUT2D eigenvalue weighted by molar-refractivity contribution is -0.192. The largest absolute Gasteiger partial charge is 0.457 e. The number of aliphatic hydroxyl groups excluding tert-OH is 1. The van der Waals surface area contributed by atoms with Crippen LogP contribution in [0.1, 0.15) is 53.4 Å². The Morgan fingerprint density at radius 2 is 2.11 bits per heavy atom. The number of esters is 2. The number of aliphatic hydroxyl groups is 1. The maximum absolute atomic E-state index is 12.5. The zero-order valence-electron chi connectivity index (χ0n) is 16.6. The van der Waals surface area contributed by atoms with Gasteiger partial charge in [-0.15, -0.1) is 0 Å². The summed E-state index contributed by atoms with van der Waals surface area (Å²) in [5.41, 5.74) is -0.0661. The number of carbonyl (C=O) groups is 2. The van der Waals surface area contributed by atoms with Gasteiger partial charge in [-0.3, -0.25) is 9.59 Å². The van der Waals surface area contributed by atoms with Crippen molar-refractivity contribution in [1.82, 2.24) is 0 Å². The fourth-order valence-corrected chi connectivity index (χ4v) is 5.37. The van der Waals surface area contributed by atoms with Crippen LogP contribution in [-0.2, 0) is 23.8 Å². The average molecular weight is 378 g/mol. The Hall–Kier alpha value is -1.40. The van der Waals surface area contributed by atoms with Gasteiger partial charge in [0.25, 0.3) is 0 Å². The summed E-state index contributed by atoms with van der Waals surface area (Å²) in [6, 6.07) is 0. The fraction of sp³-hybridized carbons (Fsp3) is 0.810. The van der Waals surface area contributed by atoms with Crippen molar-refractivity contribution in [1.29, 1.82) is 0 Å². The van der Waals surface area contributed by atoms with Crippen LogP contribution >= 0.6 is 0 Å². The molecule has 0 radical (unpaired) electrons. The highest BCUT2D eigenvalue weighted by Crippen LogP contribution is 2.68. The van der Waals surface area contributed by atoms with Gasteiger partial charge in [0.1, 0.15) is 6.10 Å². The van der Waals surface area contributed by atoms with Crippen LogP contribution in [0, 0.1) is 28.6 Å². The Morgan fingerprint density at radius 3 is 2.67 bits per heavy atom. The van der Waals surface area contributed by atoms with E-state index >= 15 is 0 Å². The van der Waals surface area contributed by atoms with Gasteiger partial charge in [-0.05, 0) is 51.0 Å². The summed E-state index contributed by atoms with van der Waals surface area (Å²) in [5.74, 6) is -0.878. The number of hydrogen-bond donors (Lipinski definition) is 1. The molecule has 0 amide bonds. The molecular formula is C21H30O6. The van der Waals surface area contributed by atoms with Crippen molar-refractivity contribution >= 4 is 11.9 Å². The molecule has 7 atom stereocenters. The highest BCUT2D eigenvalue weighted by atomic mass is 16.7. The predicted molar refractivity (Wildman–Crippen MR) is 96.3 cm³/mol. The first-order chi connectivity index (χ1) is 12.5. The summed E-state index contributed by atoms with van der Waals surface area (Å²) in [6.45, 7) is 11.7. The lowest BCUT2D eigenvalue weighted by Gasteiger charge is -2.60. The van der Waals surface area contributed by atoms with E-state index in [2.05, 4.69) is 6.58 Å². The van der Waals surface area contributed by atoms with Gasteiger partial charge in [-0.1, -0.05) is 13.5 Å². The van der Waals surface area contributed by atoms with Crippen LogP contribution in [0.5, 0.6) is 0 Å². The monoisotopic (exact) mass is 378 g/mol. The van der Waals surface area contributed by atoms with Gasteiger partial charge in [-0.25, -0.2) is 0 Å². The third-order valence-electron chi connectivity index (χ3n) is 7.72. The molecule has 2 bridgehead atoms. The van der Waals surface area contributed by atoms with E-state index < -0.39 is 23.3 Å². The summed E-state index contributed by atoms with van der Waals surface area (Å²) in [5, 5.41) is 9.85. The number of ether oxygens (including phenoxy) is 3. The number of hydrogen-bond acceptors (Lipinski definition) is 6. The molecule has 2 spiro atoms. The first kappa shape index (κ1) is 18.9. The van der Waals surface area contributed by atoms with Crippen molar-refractivity contribution in [3.63, 3.8) is 0 Å². The van der Waals surface area contributed by atoms with Crippen LogP contribution in [0.3, 0.4) is 0 Å². The maximum atomic E-state index is 12.5. The van der Waals surface area contributed by atoms with Gasteiger partial charge in [0, 0.05) is 18.3 Å². The van der Waals surface area contributed by atoms with E-state index in [1.54, 1.807) is 20.8 Å². The van der Waals surface area contributed by atoms with E-state index in [0.29, 0.717) is 25.4 Å². The zero-order chi connectivity index (χ0) is 19.8. The second-order valence-corrected chi connectivity index (χ2v) is 9.72. The van der Waals surface area contributed by atoms with Crippen molar-refractivity contribution < 1.29 is 28.9 Å². The zero-order valence-corrected chi connectivity index (χ0v) is 16.6. The number of carbonyl (C=O) groups excluding carboxylic acids is 2. The van der Waals surface area contributed by atoms with Crippen LogP contribution in [0.2, 0.25) is 0 Å². The molecule has 5 rings (SSSR count). The number of fused-ring (bicyclic) bond motifs is 2. The van der Waals surface area contributed by atoms with Crippen molar-refractivity contribution in [2.75, 3.05) is 6.61 Å². The number of rotatable bonds is 3. The lowest BCUT2D eigenvalue weighted by Crippen LogP contribution is -2.58. The SMILES string of the molecule is C=C1[C@@H](OC(=O)C(C)(C)[C@H](C)O)C[C@H]2C[C@@H]1[C@@]21CO[C@]2(C[C@H](C)C(=O)O2)C1. The van der Waals surface area contributed by atoms with Gasteiger partial charge in [0.15, 0.2) is 0 Å². The van der Waals surface area contributed by atoms with Gasteiger partial charge >= 0.3 is 11.9 Å². The molecule has 3 saturated carbocycles. The summed E-state index contributed by atoms with van der Waals surface area (Å²) < 4.78 is 17.4. The molecule has 2 aliphatic heterocycles. The molecule has 27 heavy (non-hydrogen) atoms. The Bertz CT molecular complexity index is 697. The standard InChI is InChI=1S/C21H30O6/c1-11-8-21(27-17(11)23)9-20(10-25-21)14-6-15(20)12(2)16(7-14)26-18(24)19(4,5)13(3)22/h11,13-16,22H,2,6-10H2,1,3-5H3/t11-,13-,14+,15-,16-,20-,21-/m0/s1. The average Bonchev–Trinajstić information content (AvgIpc) is 3.10. The Morgan fingerprint density at radius 1 is 1.41 bits per heavy atom. The molecule has 5 fully saturated rings. The third kappa shape index (κ3) is 2.59. The topological polar surface area (TPSA) is 82.1 Å². The Labute approximate surface area is 160 Å². The van der Waals surface area contributed by atoms with Gasteiger partial charge < -0.3 is 19.3 Å². The minimum absolute atomic E-state index is 0.0515. The summed E-state index contributed by atoms with van der Waals surface area (Å²) in [7, 11) is 0. The van der Waals surface area contributed by atoms with Crippen LogP contribution in [0.25, 0.3) is 0 Å². The van der Waals surface area contributed by atoms with E-state index in [0.717, 1.165) is 18.4 Å². The first-order valence-corrected chi connectivity index (χ1v) is 9.95. The maximum Gasteiger partial charge on any atom is 0.314 e. The minimum Gasteiger partial charge on any atom is -0.457 e. The van der Waals surface area contributed by atoms with Crippen LogP contribution < -0.4 is 0 Å². The van der Waals surface area contributed by atoms with E-state index in [9.17, 15) is 14.7 Å². The summed E-state index contributed by atoms with van der Waals surface area (Å²) in [6.07, 6.45) is 1.97. The highest BCUT2D eigenvalue weighted by molar-refractivity contribution is 5.77. The molecule has 1 N–H and O–H groups in total. The quantitative estimate of drug-likeness (QED) is 0.600. The van der Waals surface area contributed by atoms with E-state index in [1.165, 1.54) is 0 Å². The molecule has 150 valence electrons. The third-order valence-corrected chi connectivity index (χ3v) is 7.72. The Kier molecular flexibility index (Phi) is 4.07. The van der Waals surface area contributed by atoms with Crippen LogP contribution in [0.4, 0.5) is 0 Å². The predicted octanol–water partition coefficient (Wildman–Crippen LogP) is 2.59. The molecule has 2 saturated heterocycles. The molecule has 0 aromatic rings. The minimum atomic E-state index is -0.950. The molecule has 2 heterocycles. The fourth-order valence-electron chi connectivity index (χ4n) is 5.37. The van der Waals surface area contributed by atoms with E-state index in [4.69, 9.17) is 14.2 Å². The van der Waals surface area contributed by atoms with Crippen molar-refractivity contribution in [2.45, 2.75) is 71.4 Å². The second-order valence-electron chi connectivity index (χ2n) is 9.72.